The molecule has 2 rings (SSSR count). The van der Waals surface area contributed by atoms with Crippen LogP contribution in [-0.4, -0.2) is 35.8 Å². The third-order valence-corrected chi connectivity index (χ3v) is 4.53. The second-order valence-electron chi connectivity index (χ2n) is 6.96. The van der Waals surface area contributed by atoms with Crippen molar-refractivity contribution in [1.29, 1.82) is 5.41 Å². The molecule has 3 amide bonds. The molecule has 2 aromatic carbocycles. The van der Waals surface area contributed by atoms with Gasteiger partial charge < -0.3 is 21.4 Å². The average molecular weight is 422 g/mol. The third-order valence-electron chi connectivity index (χ3n) is 4.53. The summed E-state index contributed by atoms with van der Waals surface area (Å²) in [6.07, 6.45) is 0.649. The van der Waals surface area contributed by atoms with E-state index in [0.717, 1.165) is 5.56 Å². The van der Waals surface area contributed by atoms with Crippen LogP contribution in [0, 0.1) is 5.41 Å². The minimum atomic E-state index is -1.000. The van der Waals surface area contributed by atoms with Crippen LogP contribution in [0.15, 0.2) is 60.7 Å². The Kier molecular flexibility index (Phi) is 9.10. The lowest BCUT2D eigenvalue weighted by Crippen LogP contribution is -2.50. The molecule has 0 aromatic heterocycles. The van der Waals surface area contributed by atoms with Crippen molar-refractivity contribution in [2.45, 2.75) is 38.4 Å². The lowest BCUT2D eigenvalue weighted by atomic mass is 10.0. The highest BCUT2D eigenvalue weighted by Gasteiger charge is 2.27. The van der Waals surface area contributed by atoms with E-state index in [1.807, 2.05) is 30.3 Å². The molecule has 0 unspecified atom stereocenters. The van der Waals surface area contributed by atoms with Crippen molar-refractivity contribution in [2.24, 2.45) is 0 Å². The minimum Gasteiger partial charge on any atom is -0.350 e. The Morgan fingerprint density at radius 3 is 2.10 bits per heavy atom. The van der Waals surface area contributed by atoms with Gasteiger partial charge in [0.05, 0.1) is 6.21 Å². The molecule has 2 aromatic rings. The zero-order chi connectivity index (χ0) is 22.6. The predicted octanol–water partition coefficient (Wildman–Crippen LogP) is 1.66. The molecular weight excluding hydrogens is 396 g/mol. The molecular formula is C23H26N4O4. The monoisotopic (exact) mass is 422 g/mol. The Labute approximate surface area is 180 Å². The van der Waals surface area contributed by atoms with Crippen LogP contribution in [0.2, 0.25) is 0 Å². The number of Topliss-reactive ketones (excluding diaryl/α,β-unsaturated/α-hetero) is 1. The van der Waals surface area contributed by atoms with Crippen molar-refractivity contribution in [3.05, 3.63) is 71.8 Å². The fourth-order valence-electron chi connectivity index (χ4n) is 2.94. The summed E-state index contributed by atoms with van der Waals surface area (Å²) < 4.78 is 0. The van der Waals surface area contributed by atoms with Gasteiger partial charge in [-0.3, -0.25) is 19.2 Å². The first-order chi connectivity index (χ1) is 14.9. The highest BCUT2D eigenvalue weighted by atomic mass is 16.2. The summed E-state index contributed by atoms with van der Waals surface area (Å²) in [5.74, 6) is -1.86. The SMILES string of the molecule is CC(=O)N[C@H](C(=O)N[C@@H](CCC(=O)C=N)C(=O)NCc1ccccc1)c1ccccc1. The van der Waals surface area contributed by atoms with Crippen LogP contribution in [0.5, 0.6) is 0 Å². The van der Waals surface area contributed by atoms with Crippen LogP contribution < -0.4 is 16.0 Å². The van der Waals surface area contributed by atoms with Gasteiger partial charge in [-0.05, 0) is 17.5 Å². The molecule has 8 heteroatoms. The lowest BCUT2D eigenvalue weighted by molar-refractivity contribution is -0.132. The van der Waals surface area contributed by atoms with Gasteiger partial charge in [-0.1, -0.05) is 60.7 Å². The predicted molar refractivity (Wildman–Crippen MR) is 116 cm³/mol. The van der Waals surface area contributed by atoms with E-state index < -0.39 is 35.6 Å². The van der Waals surface area contributed by atoms with Crippen LogP contribution >= 0.6 is 0 Å². The number of amides is 3. The number of hydrogen-bond acceptors (Lipinski definition) is 5. The minimum absolute atomic E-state index is 0.0299. The normalized spacial score (nSPS) is 12.2. The van der Waals surface area contributed by atoms with Crippen molar-refractivity contribution >= 4 is 29.7 Å². The van der Waals surface area contributed by atoms with E-state index in [2.05, 4.69) is 16.0 Å². The van der Waals surface area contributed by atoms with Crippen LogP contribution in [0.25, 0.3) is 0 Å². The molecule has 0 aliphatic heterocycles. The first kappa shape index (κ1) is 23.5. The Hall–Kier alpha value is -3.81. The standard InChI is InChI=1S/C23H26N4O4/c1-16(28)26-21(18-10-6-3-7-11-18)23(31)27-20(13-12-19(29)14-24)22(30)25-15-17-8-4-2-5-9-17/h2-11,14,20-21,24H,12-13,15H2,1H3,(H,25,30)(H,26,28)(H,27,31)/t20-,21-/m0/s1. The Balaban J connectivity index is 2.14. The van der Waals surface area contributed by atoms with Crippen molar-refractivity contribution in [1.82, 2.24) is 16.0 Å². The lowest BCUT2D eigenvalue weighted by Gasteiger charge is -2.23. The Morgan fingerprint density at radius 1 is 0.903 bits per heavy atom. The second-order valence-corrected chi connectivity index (χ2v) is 6.96. The largest absolute Gasteiger partial charge is 0.350 e. The summed E-state index contributed by atoms with van der Waals surface area (Å²) in [5.41, 5.74) is 1.45. The van der Waals surface area contributed by atoms with Gasteiger partial charge >= 0.3 is 0 Å². The topological polar surface area (TPSA) is 128 Å². The fraction of sp³-hybridized carbons (Fsp3) is 0.261. The van der Waals surface area contributed by atoms with Gasteiger partial charge in [0.2, 0.25) is 17.7 Å². The quantitative estimate of drug-likeness (QED) is 0.411. The average Bonchev–Trinajstić information content (AvgIpc) is 2.79. The molecule has 0 fully saturated rings. The third kappa shape index (κ3) is 7.85. The fourth-order valence-corrected chi connectivity index (χ4v) is 2.94. The van der Waals surface area contributed by atoms with Gasteiger partial charge in [0.1, 0.15) is 12.1 Å². The van der Waals surface area contributed by atoms with Gasteiger partial charge in [0, 0.05) is 19.9 Å². The number of carbonyl (C=O) groups is 4. The van der Waals surface area contributed by atoms with Gasteiger partial charge in [0.25, 0.3) is 0 Å². The number of benzene rings is 2. The zero-order valence-electron chi connectivity index (χ0n) is 17.3. The van der Waals surface area contributed by atoms with E-state index in [0.29, 0.717) is 11.8 Å². The van der Waals surface area contributed by atoms with E-state index in [-0.39, 0.29) is 19.4 Å². The summed E-state index contributed by atoms with van der Waals surface area (Å²) in [6.45, 7) is 1.56. The molecule has 0 saturated heterocycles. The highest BCUT2D eigenvalue weighted by Crippen LogP contribution is 2.14. The summed E-state index contributed by atoms with van der Waals surface area (Å²) >= 11 is 0. The molecule has 4 N–H and O–H groups in total. The van der Waals surface area contributed by atoms with Gasteiger partial charge in [-0.15, -0.1) is 0 Å². The summed E-state index contributed by atoms with van der Waals surface area (Å²) in [5, 5.41) is 15.0. The molecule has 162 valence electrons. The maximum Gasteiger partial charge on any atom is 0.247 e. The van der Waals surface area contributed by atoms with Crippen molar-refractivity contribution in [2.75, 3.05) is 0 Å². The molecule has 2 atom stereocenters. The molecule has 0 saturated carbocycles. The molecule has 31 heavy (non-hydrogen) atoms. The van der Waals surface area contributed by atoms with E-state index in [4.69, 9.17) is 5.41 Å². The van der Waals surface area contributed by atoms with Crippen molar-refractivity contribution in [3.63, 3.8) is 0 Å². The molecule has 8 nitrogen and oxygen atoms in total. The smallest absolute Gasteiger partial charge is 0.247 e. The zero-order valence-corrected chi connectivity index (χ0v) is 17.3. The summed E-state index contributed by atoms with van der Waals surface area (Å²) in [7, 11) is 0. The summed E-state index contributed by atoms with van der Waals surface area (Å²) in [4.78, 5) is 48.9. The van der Waals surface area contributed by atoms with Crippen molar-refractivity contribution < 1.29 is 19.2 Å². The van der Waals surface area contributed by atoms with E-state index >= 15 is 0 Å². The number of rotatable bonds is 11. The van der Waals surface area contributed by atoms with Gasteiger partial charge in [0.15, 0.2) is 5.78 Å². The maximum absolute atomic E-state index is 12.9. The second kappa shape index (κ2) is 12.0. The first-order valence-electron chi connectivity index (χ1n) is 9.88. The highest BCUT2D eigenvalue weighted by molar-refractivity contribution is 6.26. The van der Waals surface area contributed by atoms with E-state index in [1.54, 1.807) is 30.3 Å². The van der Waals surface area contributed by atoms with Crippen LogP contribution in [0.1, 0.15) is 36.9 Å². The Morgan fingerprint density at radius 2 is 1.52 bits per heavy atom. The molecule has 0 aliphatic rings. The molecule has 0 radical (unpaired) electrons. The van der Waals surface area contributed by atoms with Gasteiger partial charge in [-0.2, -0.15) is 0 Å². The molecule has 0 bridgehead atoms. The maximum atomic E-state index is 12.9. The number of nitrogens with one attached hydrogen (secondary N) is 4. The molecule has 0 aliphatic carbocycles. The van der Waals surface area contributed by atoms with E-state index in [1.165, 1.54) is 6.92 Å². The number of hydrogen-bond donors (Lipinski definition) is 4. The molecule has 0 spiro atoms. The molecule has 0 heterocycles. The number of ketones is 1. The number of carbonyl (C=O) groups excluding carboxylic acids is 4. The van der Waals surface area contributed by atoms with Crippen molar-refractivity contribution in [3.8, 4) is 0 Å². The van der Waals surface area contributed by atoms with Gasteiger partial charge in [-0.25, -0.2) is 0 Å². The van der Waals surface area contributed by atoms with E-state index in [9.17, 15) is 19.2 Å². The van der Waals surface area contributed by atoms with Crippen LogP contribution in [0.4, 0.5) is 0 Å². The summed E-state index contributed by atoms with van der Waals surface area (Å²) in [6, 6.07) is 16.0. The Bertz CT molecular complexity index is 916. The van der Waals surface area contributed by atoms with Crippen LogP contribution in [0.3, 0.4) is 0 Å². The van der Waals surface area contributed by atoms with Crippen LogP contribution in [-0.2, 0) is 25.7 Å². The first-order valence-corrected chi connectivity index (χ1v) is 9.88.